The molecule has 3 aromatic rings. The molecule has 2 aliphatic rings. The van der Waals surface area contributed by atoms with Crippen LogP contribution in [0.5, 0.6) is 0 Å². The number of aromatic nitrogens is 1. The van der Waals surface area contributed by atoms with Gasteiger partial charge in [-0.05, 0) is 49.4 Å². The van der Waals surface area contributed by atoms with Crippen LogP contribution in [0.3, 0.4) is 0 Å². The van der Waals surface area contributed by atoms with Gasteiger partial charge in [-0.2, -0.15) is 0 Å². The van der Waals surface area contributed by atoms with Gasteiger partial charge in [-0.15, -0.1) is 0 Å². The lowest BCUT2D eigenvalue weighted by molar-refractivity contribution is 0.0744. The van der Waals surface area contributed by atoms with Gasteiger partial charge in [-0.25, -0.2) is 0 Å². The molecule has 0 radical (unpaired) electrons. The predicted molar refractivity (Wildman–Crippen MR) is 141 cm³/mol. The number of hydrogen-bond acceptors (Lipinski definition) is 4. The zero-order valence-corrected chi connectivity index (χ0v) is 20.9. The molecular formula is C29H32N4O3. The first-order valence-corrected chi connectivity index (χ1v) is 12.6. The normalized spacial score (nSPS) is 15.6. The van der Waals surface area contributed by atoms with Crippen molar-refractivity contribution in [3.05, 3.63) is 99.0 Å². The fraction of sp³-hybridized carbons (Fsp3) is 0.345. The van der Waals surface area contributed by atoms with Gasteiger partial charge in [-0.3, -0.25) is 14.4 Å². The van der Waals surface area contributed by atoms with Crippen LogP contribution >= 0.6 is 0 Å². The fourth-order valence-corrected chi connectivity index (χ4v) is 4.77. The van der Waals surface area contributed by atoms with Gasteiger partial charge in [0.25, 0.3) is 11.8 Å². The lowest BCUT2D eigenvalue weighted by Crippen LogP contribution is -2.50. The Morgan fingerprint density at radius 2 is 1.58 bits per heavy atom. The maximum absolute atomic E-state index is 13.5. The molecule has 2 aromatic carbocycles. The lowest BCUT2D eigenvalue weighted by atomic mass is 10.1. The quantitative estimate of drug-likeness (QED) is 0.579. The van der Waals surface area contributed by atoms with E-state index in [-0.39, 0.29) is 23.1 Å². The molecule has 36 heavy (non-hydrogen) atoms. The molecule has 0 unspecified atom stereocenters. The highest BCUT2D eigenvalue weighted by atomic mass is 16.2. The van der Waals surface area contributed by atoms with Gasteiger partial charge in [0, 0.05) is 56.8 Å². The summed E-state index contributed by atoms with van der Waals surface area (Å²) in [4.78, 5) is 43.9. The van der Waals surface area contributed by atoms with Crippen molar-refractivity contribution in [2.75, 3.05) is 31.1 Å². The van der Waals surface area contributed by atoms with E-state index in [2.05, 4.69) is 42.3 Å². The Hall–Kier alpha value is -3.87. The number of aryl methyl sites for hydroxylation is 1. The molecule has 1 saturated carbocycles. The largest absolute Gasteiger partial charge is 0.368 e. The van der Waals surface area contributed by atoms with E-state index >= 15 is 0 Å². The Morgan fingerprint density at radius 1 is 0.889 bits per heavy atom. The van der Waals surface area contributed by atoms with Crippen LogP contribution in [0.4, 0.5) is 5.69 Å². The number of hydrogen-bond donors (Lipinski definition) is 1. The van der Waals surface area contributed by atoms with E-state index in [1.54, 1.807) is 17.3 Å². The second kappa shape index (κ2) is 10.0. The van der Waals surface area contributed by atoms with E-state index in [1.807, 2.05) is 34.9 Å². The van der Waals surface area contributed by atoms with E-state index in [0.717, 1.165) is 18.4 Å². The number of carbonyl (C=O) groups is 2. The van der Waals surface area contributed by atoms with Crippen LogP contribution in [0.1, 0.15) is 56.3 Å². The SMILES string of the molecule is Cc1cccc(N2CCN(C(=O)c3cn(C4CC4)cc(C(=O)NCc4ccccc4)c3=O)CC2)c1C. The third-order valence-electron chi connectivity index (χ3n) is 7.27. The van der Waals surface area contributed by atoms with Crippen molar-refractivity contribution in [1.82, 2.24) is 14.8 Å². The molecule has 2 amide bonds. The van der Waals surface area contributed by atoms with Crippen LogP contribution in [0.25, 0.3) is 0 Å². The molecule has 0 spiro atoms. The smallest absolute Gasteiger partial charge is 0.259 e. The van der Waals surface area contributed by atoms with Crippen LogP contribution in [0, 0.1) is 13.8 Å². The maximum Gasteiger partial charge on any atom is 0.259 e. The number of nitrogens with one attached hydrogen (secondary N) is 1. The molecule has 2 fully saturated rings. The summed E-state index contributed by atoms with van der Waals surface area (Å²) < 4.78 is 1.87. The van der Waals surface area contributed by atoms with E-state index in [4.69, 9.17) is 0 Å². The van der Waals surface area contributed by atoms with Crippen molar-refractivity contribution in [1.29, 1.82) is 0 Å². The Labute approximate surface area is 211 Å². The molecular weight excluding hydrogens is 452 g/mol. The number of rotatable bonds is 6. The molecule has 1 aromatic heterocycles. The van der Waals surface area contributed by atoms with Crippen molar-refractivity contribution in [3.8, 4) is 0 Å². The van der Waals surface area contributed by atoms with Gasteiger partial charge in [0.05, 0.1) is 0 Å². The highest BCUT2D eigenvalue weighted by Gasteiger charge is 2.30. The minimum atomic E-state index is -0.501. The molecule has 0 atom stereocenters. The first kappa shape index (κ1) is 23.9. The third-order valence-corrected chi connectivity index (χ3v) is 7.27. The topological polar surface area (TPSA) is 74.7 Å². The second-order valence-electron chi connectivity index (χ2n) is 9.76. The molecule has 186 valence electrons. The fourth-order valence-electron chi connectivity index (χ4n) is 4.77. The molecule has 0 bridgehead atoms. The first-order valence-electron chi connectivity index (χ1n) is 12.6. The first-order chi connectivity index (χ1) is 17.4. The number of nitrogens with zero attached hydrogens (tertiary/aromatic N) is 3. The molecule has 1 N–H and O–H groups in total. The monoisotopic (exact) mass is 484 g/mol. The van der Waals surface area contributed by atoms with Gasteiger partial charge < -0.3 is 19.7 Å². The summed E-state index contributed by atoms with van der Waals surface area (Å²) in [7, 11) is 0. The standard InChI is InChI=1S/C29H32N4O3/c1-20-7-6-10-26(21(20)2)31-13-15-32(16-14-31)29(36)25-19-33(23-11-12-23)18-24(27(25)34)28(35)30-17-22-8-4-3-5-9-22/h3-10,18-19,23H,11-17H2,1-2H3,(H,30,35). The average molecular weight is 485 g/mol. The Morgan fingerprint density at radius 3 is 2.28 bits per heavy atom. The van der Waals surface area contributed by atoms with E-state index in [1.165, 1.54) is 16.8 Å². The summed E-state index contributed by atoms with van der Waals surface area (Å²) in [5, 5.41) is 2.84. The zero-order chi connectivity index (χ0) is 25.2. The Kier molecular flexibility index (Phi) is 6.63. The van der Waals surface area contributed by atoms with Crippen LogP contribution in [0.15, 0.2) is 65.7 Å². The van der Waals surface area contributed by atoms with Crippen LogP contribution in [-0.2, 0) is 6.54 Å². The van der Waals surface area contributed by atoms with Gasteiger partial charge in [0.2, 0.25) is 5.43 Å². The second-order valence-corrected chi connectivity index (χ2v) is 9.76. The molecule has 1 aliphatic heterocycles. The third kappa shape index (κ3) is 4.91. The molecule has 7 nitrogen and oxygen atoms in total. The average Bonchev–Trinajstić information content (AvgIpc) is 3.75. The highest BCUT2D eigenvalue weighted by Crippen LogP contribution is 2.34. The summed E-state index contributed by atoms with van der Waals surface area (Å²) in [5.74, 6) is -0.750. The summed E-state index contributed by atoms with van der Waals surface area (Å²) in [5.41, 5.74) is 4.23. The summed E-state index contributed by atoms with van der Waals surface area (Å²) in [6.07, 6.45) is 5.22. The van der Waals surface area contributed by atoms with Crippen molar-refractivity contribution >= 4 is 17.5 Å². The number of anilines is 1. The van der Waals surface area contributed by atoms with Gasteiger partial charge in [-0.1, -0.05) is 42.5 Å². The van der Waals surface area contributed by atoms with Crippen LogP contribution < -0.4 is 15.6 Å². The van der Waals surface area contributed by atoms with Crippen molar-refractivity contribution in [2.45, 2.75) is 39.3 Å². The molecule has 5 rings (SSSR count). The Balaban J connectivity index is 1.34. The summed E-state index contributed by atoms with van der Waals surface area (Å²) in [6.45, 7) is 7.00. The van der Waals surface area contributed by atoms with E-state index in [0.29, 0.717) is 32.7 Å². The van der Waals surface area contributed by atoms with Crippen LogP contribution in [0.2, 0.25) is 0 Å². The highest BCUT2D eigenvalue weighted by molar-refractivity contribution is 5.99. The number of carbonyl (C=O) groups excluding carboxylic acids is 2. The van der Waals surface area contributed by atoms with Gasteiger partial charge in [0.15, 0.2) is 0 Å². The Bertz CT molecular complexity index is 1340. The molecule has 7 heteroatoms. The van der Waals surface area contributed by atoms with Gasteiger partial charge >= 0.3 is 0 Å². The van der Waals surface area contributed by atoms with E-state index in [9.17, 15) is 14.4 Å². The van der Waals surface area contributed by atoms with Crippen molar-refractivity contribution in [3.63, 3.8) is 0 Å². The molecule has 1 saturated heterocycles. The number of amides is 2. The van der Waals surface area contributed by atoms with Crippen LogP contribution in [-0.4, -0.2) is 47.5 Å². The lowest BCUT2D eigenvalue weighted by Gasteiger charge is -2.37. The predicted octanol–water partition coefficient (Wildman–Crippen LogP) is 3.69. The summed E-state index contributed by atoms with van der Waals surface area (Å²) >= 11 is 0. The minimum Gasteiger partial charge on any atom is -0.368 e. The summed E-state index contributed by atoms with van der Waals surface area (Å²) in [6, 6.07) is 16.1. The minimum absolute atomic E-state index is 0.0257. The zero-order valence-electron chi connectivity index (χ0n) is 20.9. The number of pyridine rings is 1. The number of piperazine rings is 1. The van der Waals surface area contributed by atoms with Crippen molar-refractivity contribution in [2.24, 2.45) is 0 Å². The van der Waals surface area contributed by atoms with E-state index < -0.39 is 11.3 Å². The number of benzene rings is 2. The molecule has 2 heterocycles. The molecule has 1 aliphatic carbocycles. The maximum atomic E-state index is 13.5. The van der Waals surface area contributed by atoms with Gasteiger partial charge in [0.1, 0.15) is 11.1 Å². The van der Waals surface area contributed by atoms with Crippen molar-refractivity contribution < 1.29 is 9.59 Å².